The Balaban J connectivity index is 2.61. The van der Waals surface area contributed by atoms with E-state index in [1.807, 2.05) is 24.3 Å². The molecule has 0 saturated heterocycles. The maximum Gasteiger partial charge on any atom is 0.221 e. The molecule has 2 nitrogen and oxygen atoms in total. The van der Waals surface area contributed by atoms with Crippen molar-refractivity contribution >= 4 is 11.6 Å². The molecule has 2 aromatic rings. The third-order valence-electron chi connectivity index (χ3n) is 3.17. The van der Waals surface area contributed by atoms with Gasteiger partial charge in [0.2, 0.25) is 5.91 Å². The number of rotatable bonds is 3. The molecule has 0 aromatic heterocycles. The minimum Gasteiger partial charge on any atom is -0.326 e. The van der Waals surface area contributed by atoms with Crippen LogP contribution in [0.3, 0.4) is 0 Å². The Bertz CT molecular complexity index is 635. The molecule has 0 aliphatic rings. The summed E-state index contributed by atoms with van der Waals surface area (Å²) in [6, 6.07) is 12.3. The Morgan fingerprint density at radius 1 is 1.10 bits per heavy atom. The average Bonchev–Trinajstić information content (AvgIpc) is 2.38. The Labute approximate surface area is 118 Å². The molecule has 0 heterocycles. The number of amides is 1. The lowest BCUT2D eigenvalue weighted by atomic mass is 9.91. The molecule has 1 amide bonds. The van der Waals surface area contributed by atoms with Crippen LogP contribution in [0.5, 0.6) is 0 Å². The number of carbonyl (C=O) groups is 1. The van der Waals surface area contributed by atoms with Gasteiger partial charge in [-0.3, -0.25) is 4.79 Å². The van der Waals surface area contributed by atoms with Crippen molar-refractivity contribution in [1.29, 1.82) is 0 Å². The van der Waals surface area contributed by atoms with Gasteiger partial charge in [-0.1, -0.05) is 38.1 Å². The van der Waals surface area contributed by atoms with Crippen molar-refractivity contribution in [3.8, 4) is 11.1 Å². The standard InChI is InChI=1S/C17H18FNO/c1-11(2)14-9-8-13(18)10-16(14)15-6-4-5-7-17(15)19-12(3)20/h4-11H,1-3H3,(H,19,20). The van der Waals surface area contributed by atoms with Gasteiger partial charge in [-0.2, -0.15) is 0 Å². The van der Waals surface area contributed by atoms with Crippen LogP contribution in [0.4, 0.5) is 10.1 Å². The van der Waals surface area contributed by atoms with Crippen molar-refractivity contribution < 1.29 is 9.18 Å². The maximum atomic E-state index is 13.6. The molecule has 2 rings (SSSR count). The zero-order valence-electron chi connectivity index (χ0n) is 11.9. The highest BCUT2D eigenvalue weighted by Crippen LogP contribution is 2.34. The first-order valence-corrected chi connectivity index (χ1v) is 6.65. The summed E-state index contributed by atoms with van der Waals surface area (Å²) >= 11 is 0. The molecule has 0 atom stereocenters. The number of para-hydroxylation sites is 1. The van der Waals surface area contributed by atoms with Crippen LogP contribution in [0, 0.1) is 5.82 Å². The van der Waals surface area contributed by atoms with Crippen LogP contribution in [-0.4, -0.2) is 5.91 Å². The highest BCUT2D eigenvalue weighted by molar-refractivity contribution is 5.94. The van der Waals surface area contributed by atoms with E-state index in [0.717, 1.165) is 16.7 Å². The summed E-state index contributed by atoms with van der Waals surface area (Å²) in [5, 5.41) is 2.80. The van der Waals surface area contributed by atoms with Crippen molar-refractivity contribution in [2.24, 2.45) is 0 Å². The lowest BCUT2D eigenvalue weighted by molar-refractivity contribution is -0.114. The number of benzene rings is 2. The molecule has 1 N–H and O–H groups in total. The third kappa shape index (κ3) is 3.05. The molecular weight excluding hydrogens is 253 g/mol. The van der Waals surface area contributed by atoms with E-state index in [9.17, 15) is 9.18 Å². The van der Waals surface area contributed by atoms with Crippen LogP contribution < -0.4 is 5.32 Å². The molecule has 0 radical (unpaired) electrons. The van der Waals surface area contributed by atoms with Crippen molar-refractivity contribution in [2.75, 3.05) is 5.32 Å². The zero-order chi connectivity index (χ0) is 14.7. The Morgan fingerprint density at radius 2 is 1.80 bits per heavy atom. The first-order valence-electron chi connectivity index (χ1n) is 6.65. The van der Waals surface area contributed by atoms with E-state index in [-0.39, 0.29) is 17.6 Å². The molecular formula is C17H18FNO. The highest BCUT2D eigenvalue weighted by atomic mass is 19.1. The molecule has 0 spiro atoms. The minimum atomic E-state index is -0.276. The molecule has 0 bridgehead atoms. The fraction of sp³-hybridized carbons (Fsp3) is 0.235. The molecule has 0 aliphatic heterocycles. The largest absolute Gasteiger partial charge is 0.326 e. The molecule has 104 valence electrons. The van der Waals surface area contributed by atoms with E-state index in [2.05, 4.69) is 19.2 Å². The van der Waals surface area contributed by atoms with E-state index >= 15 is 0 Å². The van der Waals surface area contributed by atoms with Gasteiger partial charge in [0.05, 0.1) is 0 Å². The van der Waals surface area contributed by atoms with E-state index in [1.165, 1.54) is 19.1 Å². The van der Waals surface area contributed by atoms with Gasteiger partial charge in [0, 0.05) is 18.2 Å². The molecule has 0 saturated carbocycles. The summed E-state index contributed by atoms with van der Waals surface area (Å²) < 4.78 is 13.6. The van der Waals surface area contributed by atoms with Crippen LogP contribution in [0.1, 0.15) is 32.3 Å². The van der Waals surface area contributed by atoms with E-state index in [1.54, 1.807) is 6.07 Å². The second-order valence-corrected chi connectivity index (χ2v) is 5.11. The molecule has 3 heteroatoms. The second-order valence-electron chi connectivity index (χ2n) is 5.11. The van der Waals surface area contributed by atoms with E-state index < -0.39 is 0 Å². The number of hydrogen-bond donors (Lipinski definition) is 1. The van der Waals surface area contributed by atoms with Crippen LogP contribution in [0.2, 0.25) is 0 Å². The van der Waals surface area contributed by atoms with Crippen LogP contribution in [0.25, 0.3) is 11.1 Å². The number of carbonyl (C=O) groups excluding carboxylic acids is 1. The topological polar surface area (TPSA) is 29.1 Å². The molecule has 20 heavy (non-hydrogen) atoms. The minimum absolute atomic E-state index is 0.139. The maximum absolute atomic E-state index is 13.6. The normalized spacial score (nSPS) is 10.7. The first kappa shape index (κ1) is 14.3. The van der Waals surface area contributed by atoms with Gasteiger partial charge in [-0.25, -0.2) is 4.39 Å². The lowest BCUT2D eigenvalue weighted by Gasteiger charge is -2.16. The fourth-order valence-electron chi connectivity index (χ4n) is 2.28. The first-order chi connectivity index (χ1) is 9.49. The predicted molar refractivity (Wildman–Crippen MR) is 80.2 cm³/mol. The fourth-order valence-corrected chi connectivity index (χ4v) is 2.28. The van der Waals surface area contributed by atoms with Crippen molar-refractivity contribution in [2.45, 2.75) is 26.7 Å². The summed E-state index contributed by atoms with van der Waals surface area (Å²) in [5.41, 5.74) is 3.42. The van der Waals surface area contributed by atoms with Gasteiger partial charge >= 0.3 is 0 Å². The Kier molecular flexibility index (Phi) is 4.18. The van der Waals surface area contributed by atoms with Gasteiger partial charge in [0.25, 0.3) is 0 Å². The number of hydrogen-bond acceptors (Lipinski definition) is 1. The smallest absolute Gasteiger partial charge is 0.221 e. The van der Waals surface area contributed by atoms with Crippen LogP contribution >= 0.6 is 0 Å². The zero-order valence-corrected chi connectivity index (χ0v) is 11.9. The van der Waals surface area contributed by atoms with Gasteiger partial charge in [-0.05, 0) is 35.2 Å². The monoisotopic (exact) mass is 271 g/mol. The molecule has 2 aromatic carbocycles. The average molecular weight is 271 g/mol. The quantitative estimate of drug-likeness (QED) is 0.870. The van der Waals surface area contributed by atoms with Crippen molar-refractivity contribution in [1.82, 2.24) is 0 Å². The summed E-state index contributed by atoms with van der Waals surface area (Å²) in [4.78, 5) is 11.3. The summed E-state index contributed by atoms with van der Waals surface area (Å²) in [5.74, 6) is -0.141. The SMILES string of the molecule is CC(=O)Nc1ccccc1-c1cc(F)ccc1C(C)C. The van der Waals surface area contributed by atoms with Crippen LogP contribution in [0.15, 0.2) is 42.5 Å². The lowest BCUT2D eigenvalue weighted by Crippen LogP contribution is -2.07. The summed E-state index contributed by atoms with van der Waals surface area (Å²) in [6.45, 7) is 5.60. The van der Waals surface area contributed by atoms with E-state index in [0.29, 0.717) is 5.69 Å². The van der Waals surface area contributed by atoms with Crippen molar-refractivity contribution in [3.05, 3.63) is 53.8 Å². The predicted octanol–water partition coefficient (Wildman–Crippen LogP) is 4.57. The number of halogens is 1. The van der Waals surface area contributed by atoms with Gasteiger partial charge in [-0.15, -0.1) is 0 Å². The number of nitrogens with one attached hydrogen (secondary N) is 1. The Hall–Kier alpha value is -2.16. The van der Waals surface area contributed by atoms with Gasteiger partial charge in [0.1, 0.15) is 5.82 Å². The highest BCUT2D eigenvalue weighted by Gasteiger charge is 2.13. The molecule has 0 unspecified atom stereocenters. The van der Waals surface area contributed by atoms with Gasteiger partial charge in [0.15, 0.2) is 0 Å². The number of anilines is 1. The van der Waals surface area contributed by atoms with Crippen molar-refractivity contribution in [3.63, 3.8) is 0 Å². The third-order valence-corrected chi connectivity index (χ3v) is 3.17. The second kappa shape index (κ2) is 5.87. The van der Waals surface area contributed by atoms with Gasteiger partial charge < -0.3 is 5.32 Å². The molecule has 0 aliphatic carbocycles. The van der Waals surface area contributed by atoms with Crippen LogP contribution in [-0.2, 0) is 4.79 Å². The summed E-state index contributed by atoms with van der Waals surface area (Å²) in [7, 11) is 0. The molecule has 0 fully saturated rings. The summed E-state index contributed by atoms with van der Waals surface area (Å²) in [6.07, 6.45) is 0. The van der Waals surface area contributed by atoms with E-state index in [4.69, 9.17) is 0 Å². The Morgan fingerprint density at radius 3 is 2.45 bits per heavy atom.